The fraction of sp³-hybridized carbons (Fsp3) is 0.320. The van der Waals surface area contributed by atoms with Crippen LogP contribution >= 0.6 is 0 Å². The fourth-order valence-corrected chi connectivity index (χ4v) is 4.52. The third-order valence-electron chi connectivity index (χ3n) is 5.76. The number of benzene rings is 2. The van der Waals surface area contributed by atoms with E-state index in [4.69, 9.17) is 0 Å². The Labute approximate surface area is 188 Å². The van der Waals surface area contributed by atoms with Gasteiger partial charge in [0.25, 0.3) is 0 Å². The molecule has 0 bridgehead atoms. The van der Waals surface area contributed by atoms with Gasteiger partial charge in [0.2, 0.25) is 0 Å². The Bertz CT molecular complexity index is 1220. The van der Waals surface area contributed by atoms with Crippen molar-refractivity contribution in [2.45, 2.75) is 32.0 Å². The Kier molecular flexibility index (Phi) is 6.05. The molecule has 1 aliphatic heterocycles. The number of ether oxygens (including phenoxy) is 1. The Morgan fingerprint density at radius 3 is 2.55 bits per heavy atom. The highest BCUT2D eigenvalue weighted by molar-refractivity contribution is 5.87. The first-order chi connectivity index (χ1) is 15.6. The number of aromatic amines is 1. The van der Waals surface area contributed by atoms with Crippen molar-refractivity contribution < 1.29 is 27.1 Å². The van der Waals surface area contributed by atoms with Crippen LogP contribution in [0.1, 0.15) is 42.3 Å². The number of nitrogens with one attached hydrogen (secondary N) is 1. The molecule has 1 N–H and O–H groups in total. The summed E-state index contributed by atoms with van der Waals surface area (Å²) in [4.78, 5) is 16.1. The maximum absolute atomic E-state index is 15.3. The van der Waals surface area contributed by atoms with E-state index in [-0.39, 0.29) is 17.7 Å². The summed E-state index contributed by atoms with van der Waals surface area (Å²) in [6.45, 7) is 3.03. The van der Waals surface area contributed by atoms with Crippen LogP contribution in [0, 0.1) is 17.5 Å². The van der Waals surface area contributed by atoms with Gasteiger partial charge >= 0.3 is 5.97 Å². The number of rotatable bonds is 5. The number of methoxy groups -OCH3 is 1. The molecule has 2 heterocycles. The number of alkyl halides is 1. The molecule has 0 saturated carbocycles. The normalized spacial score (nSPS) is 17.0. The van der Waals surface area contributed by atoms with E-state index in [0.29, 0.717) is 35.1 Å². The average molecular weight is 460 g/mol. The molecule has 174 valence electrons. The molecule has 3 aromatic rings. The highest BCUT2D eigenvalue weighted by atomic mass is 19.1. The largest absolute Gasteiger partial charge is 0.466 e. The summed E-state index contributed by atoms with van der Waals surface area (Å²) < 4.78 is 64.4. The molecule has 33 heavy (non-hydrogen) atoms. The second-order valence-corrected chi connectivity index (χ2v) is 8.78. The highest BCUT2D eigenvalue weighted by Gasteiger charge is 2.38. The van der Waals surface area contributed by atoms with Gasteiger partial charge in [-0.25, -0.2) is 22.4 Å². The van der Waals surface area contributed by atoms with Gasteiger partial charge in [0.05, 0.1) is 13.2 Å². The van der Waals surface area contributed by atoms with Gasteiger partial charge in [0.15, 0.2) is 0 Å². The summed E-state index contributed by atoms with van der Waals surface area (Å²) in [5.41, 5.74) is -0.151. The van der Waals surface area contributed by atoms with E-state index in [2.05, 4.69) is 9.72 Å². The average Bonchev–Trinajstić information content (AvgIpc) is 3.11. The van der Waals surface area contributed by atoms with Gasteiger partial charge in [-0.3, -0.25) is 4.90 Å². The summed E-state index contributed by atoms with van der Waals surface area (Å²) in [5, 5.41) is 0.384. The minimum Gasteiger partial charge on any atom is -0.466 e. The molecule has 0 aliphatic carbocycles. The van der Waals surface area contributed by atoms with Crippen LogP contribution in [0.15, 0.2) is 36.4 Å². The number of hydrogen-bond donors (Lipinski definition) is 1. The lowest BCUT2D eigenvalue weighted by Crippen LogP contribution is -2.43. The van der Waals surface area contributed by atoms with Crippen LogP contribution in [-0.2, 0) is 16.0 Å². The lowest BCUT2D eigenvalue weighted by atomic mass is 9.90. The van der Waals surface area contributed by atoms with Crippen molar-refractivity contribution in [1.82, 2.24) is 9.88 Å². The molecule has 0 radical (unpaired) electrons. The van der Waals surface area contributed by atoms with E-state index >= 15 is 8.78 Å². The smallest absolute Gasteiger partial charge is 0.330 e. The van der Waals surface area contributed by atoms with Gasteiger partial charge < -0.3 is 9.72 Å². The molecule has 1 atom stereocenters. The van der Waals surface area contributed by atoms with E-state index in [0.717, 1.165) is 18.2 Å². The van der Waals surface area contributed by atoms with E-state index < -0.39 is 35.1 Å². The SMILES string of the molecule is COC(=O)/C=C/c1cc(F)c(C2c3[nH]c4cccc(F)c4c3CCN2CC(C)(C)F)c(F)c1. The van der Waals surface area contributed by atoms with E-state index in [9.17, 15) is 13.6 Å². The summed E-state index contributed by atoms with van der Waals surface area (Å²) in [7, 11) is 1.20. The number of hydrogen-bond acceptors (Lipinski definition) is 3. The van der Waals surface area contributed by atoms with Gasteiger partial charge in [-0.05, 0) is 61.7 Å². The zero-order valence-corrected chi connectivity index (χ0v) is 18.5. The molecule has 0 saturated heterocycles. The second-order valence-electron chi connectivity index (χ2n) is 8.78. The van der Waals surface area contributed by atoms with Gasteiger partial charge in [0, 0.05) is 41.3 Å². The topological polar surface area (TPSA) is 45.3 Å². The van der Waals surface area contributed by atoms with E-state index in [1.165, 1.54) is 33.1 Å². The van der Waals surface area contributed by atoms with Crippen molar-refractivity contribution in [3.63, 3.8) is 0 Å². The number of fused-ring (bicyclic) bond motifs is 3. The van der Waals surface area contributed by atoms with Gasteiger partial charge in [-0.1, -0.05) is 6.07 Å². The Morgan fingerprint density at radius 2 is 1.91 bits per heavy atom. The molecule has 4 rings (SSSR count). The standard InChI is InChI=1S/C25H24F4N2O2/c1-25(2,29)13-31-10-9-15-21-16(26)5-4-6-19(21)30-23(15)24(31)22-17(27)11-14(12-18(22)28)7-8-20(32)33-3/h4-8,11-12,24,30H,9-10,13H2,1-3H3/b8-7+. The minimum absolute atomic E-state index is 0.0716. The lowest BCUT2D eigenvalue weighted by Gasteiger charge is -2.38. The summed E-state index contributed by atoms with van der Waals surface area (Å²) in [6.07, 6.45) is 2.71. The number of carbonyl (C=O) groups excluding carboxylic acids is 1. The molecule has 4 nitrogen and oxygen atoms in total. The van der Waals surface area contributed by atoms with Crippen molar-refractivity contribution in [3.05, 3.63) is 76.2 Å². The van der Waals surface area contributed by atoms with Crippen LogP contribution in [0.3, 0.4) is 0 Å². The molecule has 0 amide bonds. The first kappa shape index (κ1) is 23.0. The number of esters is 1. The van der Waals surface area contributed by atoms with Crippen LogP contribution in [-0.4, -0.2) is 41.7 Å². The van der Waals surface area contributed by atoms with E-state index in [1.54, 1.807) is 17.0 Å². The van der Waals surface area contributed by atoms with Crippen molar-refractivity contribution in [2.75, 3.05) is 20.2 Å². The van der Waals surface area contributed by atoms with Crippen molar-refractivity contribution in [3.8, 4) is 0 Å². The summed E-state index contributed by atoms with van der Waals surface area (Å²) in [6, 6.07) is 5.83. The molecule has 1 unspecified atom stereocenters. The van der Waals surface area contributed by atoms with Gasteiger partial charge in [-0.15, -0.1) is 0 Å². The molecule has 0 fully saturated rings. The first-order valence-corrected chi connectivity index (χ1v) is 10.6. The number of H-pyrrole nitrogens is 1. The zero-order valence-electron chi connectivity index (χ0n) is 18.5. The Hall–Kier alpha value is -3.13. The number of halogens is 4. The van der Waals surface area contributed by atoms with Gasteiger partial charge in [0.1, 0.15) is 23.1 Å². The minimum atomic E-state index is -1.62. The molecular weight excluding hydrogens is 436 g/mol. The molecule has 0 spiro atoms. The Balaban J connectivity index is 1.87. The molecule has 2 aromatic carbocycles. The zero-order chi connectivity index (χ0) is 23.9. The number of aromatic nitrogens is 1. The Morgan fingerprint density at radius 1 is 1.21 bits per heavy atom. The third kappa shape index (κ3) is 4.53. The van der Waals surface area contributed by atoms with E-state index in [1.807, 2.05) is 0 Å². The second kappa shape index (κ2) is 8.67. The molecule has 1 aliphatic rings. The van der Waals surface area contributed by atoms with Crippen LogP contribution < -0.4 is 0 Å². The predicted octanol–water partition coefficient (Wildman–Crippen LogP) is 5.47. The van der Waals surface area contributed by atoms with Crippen LogP contribution in [0.4, 0.5) is 17.6 Å². The van der Waals surface area contributed by atoms with Crippen molar-refractivity contribution in [2.24, 2.45) is 0 Å². The van der Waals surface area contributed by atoms with Crippen LogP contribution in [0.25, 0.3) is 17.0 Å². The maximum Gasteiger partial charge on any atom is 0.330 e. The first-order valence-electron chi connectivity index (χ1n) is 10.6. The maximum atomic E-state index is 15.3. The van der Waals surface area contributed by atoms with Gasteiger partial charge in [-0.2, -0.15) is 0 Å². The molecule has 1 aromatic heterocycles. The quantitative estimate of drug-likeness (QED) is 0.312. The van der Waals surface area contributed by atoms with Crippen molar-refractivity contribution in [1.29, 1.82) is 0 Å². The lowest BCUT2D eigenvalue weighted by molar-refractivity contribution is -0.134. The highest BCUT2D eigenvalue weighted by Crippen LogP contribution is 2.41. The predicted molar refractivity (Wildman–Crippen MR) is 118 cm³/mol. The van der Waals surface area contributed by atoms with Crippen LogP contribution in [0.2, 0.25) is 0 Å². The van der Waals surface area contributed by atoms with Crippen LogP contribution in [0.5, 0.6) is 0 Å². The summed E-state index contributed by atoms with van der Waals surface area (Å²) >= 11 is 0. The fourth-order valence-electron chi connectivity index (χ4n) is 4.52. The summed E-state index contributed by atoms with van der Waals surface area (Å²) in [5.74, 6) is -2.78. The monoisotopic (exact) mass is 460 g/mol. The van der Waals surface area contributed by atoms with Crippen molar-refractivity contribution >= 4 is 22.9 Å². The molecular formula is C25H24F4N2O2. The molecule has 8 heteroatoms. The number of nitrogens with zero attached hydrogens (tertiary/aromatic N) is 1. The third-order valence-corrected chi connectivity index (χ3v) is 5.76. The number of carbonyl (C=O) groups is 1.